The van der Waals surface area contributed by atoms with E-state index in [-0.39, 0.29) is 42.4 Å². The van der Waals surface area contributed by atoms with Crippen molar-refractivity contribution >= 4 is 32.7 Å². The topological polar surface area (TPSA) is 38.9 Å². The van der Waals surface area contributed by atoms with Gasteiger partial charge >= 0.3 is 0 Å². The van der Waals surface area contributed by atoms with Crippen molar-refractivity contribution < 1.29 is 41.0 Å². The number of benzene rings is 4. The van der Waals surface area contributed by atoms with E-state index in [4.69, 9.17) is 20.9 Å². The molecular formula is C34H26IrN2O-2. The van der Waals surface area contributed by atoms with Crippen molar-refractivity contribution in [3.63, 3.8) is 0 Å². The predicted molar refractivity (Wildman–Crippen MR) is 152 cm³/mol. The summed E-state index contributed by atoms with van der Waals surface area (Å²) < 4.78 is 95.9. The van der Waals surface area contributed by atoms with Gasteiger partial charge in [-0.25, -0.2) is 0 Å². The van der Waals surface area contributed by atoms with Crippen LogP contribution in [-0.4, -0.2) is 9.97 Å². The Bertz CT molecular complexity index is 2210. The number of nitrogens with zero attached hydrogens (tertiary/aromatic N) is 2. The second-order valence-electron chi connectivity index (χ2n) is 8.51. The minimum absolute atomic E-state index is 0. The largest absolute Gasteiger partial charge is 0.500 e. The smallest absolute Gasteiger partial charge is 0.121 e. The van der Waals surface area contributed by atoms with Crippen molar-refractivity contribution in [2.24, 2.45) is 0 Å². The summed E-state index contributed by atoms with van der Waals surface area (Å²) in [6.45, 7) is -9.48. The molecule has 0 aliphatic rings. The van der Waals surface area contributed by atoms with Gasteiger partial charge in [0.05, 0.1) is 5.58 Å². The molecule has 0 amide bonds. The van der Waals surface area contributed by atoms with E-state index in [9.17, 15) is 0 Å². The fraction of sp³-hybridized carbons (Fsp3) is 0.118. The average molecular weight is 683 g/mol. The molecule has 0 fully saturated rings. The predicted octanol–water partition coefficient (Wildman–Crippen LogP) is 8.82. The van der Waals surface area contributed by atoms with E-state index in [1.54, 1.807) is 18.2 Å². The standard InChI is InChI=1S/C21H14NO.C13H12N.Ir/c1-12-10-17(22-11-13(12)2)15-8-9-19-21-16(15)7-6-14-4-3-5-18(23-19)20(14)21;1-10-3-6-12(7-4-10)13-8-5-11(2)9-14-13;/h3-7,9-11H,1-2H3;3-6,8-9H,1-2H3;/q2*-1;/i2*1D3,2D3;. The summed E-state index contributed by atoms with van der Waals surface area (Å²) in [7, 11) is 0. The van der Waals surface area contributed by atoms with Crippen LogP contribution >= 0.6 is 0 Å². The summed E-state index contributed by atoms with van der Waals surface area (Å²) in [5, 5.41) is 3.78. The molecule has 3 aromatic heterocycles. The summed E-state index contributed by atoms with van der Waals surface area (Å²) in [6.07, 6.45) is 2.44. The van der Waals surface area contributed by atoms with Crippen molar-refractivity contribution in [1.82, 2.24) is 9.97 Å². The Morgan fingerprint density at radius 2 is 1.58 bits per heavy atom. The first-order valence-electron chi connectivity index (χ1n) is 17.4. The molecule has 3 heterocycles. The number of aromatic nitrogens is 2. The first-order valence-corrected chi connectivity index (χ1v) is 11.4. The van der Waals surface area contributed by atoms with Gasteiger partial charge in [-0.1, -0.05) is 60.3 Å². The van der Waals surface area contributed by atoms with Crippen molar-refractivity contribution in [1.29, 1.82) is 0 Å². The zero-order valence-corrected chi connectivity index (χ0v) is 22.1. The monoisotopic (exact) mass is 683 g/mol. The third-order valence-electron chi connectivity index (χ3n) is 6.10. The van der Waals surface area contributed by atoms with Gasteiger partial charge in [0.1, 0.15) is 5.58 Å². The van der Waals surface area contributed by atoms with Crippen molar-refractivity contribution in [3.8, 4) is 22.5 Å². The molecule has 1 radical (unpaired) electrons. The maximum Gasteiger partial charge on any atom is 0.121 e. The molecule has 0 bridgehead atoms. The quantitative estimate of drug-likeness (QED) is 0.135. The Kier molecular flexibility index (Phi) is 4.12. The third kappa shape index (κ3) is 4.74. The average Bonchev–Trinajstić information content (AvgIpc) is 3.42. The molecule has 0 saturated carbocycles. The van der Waals surface area contributed by atoms with Crippen LogP contribution in [0.15, 0.2) is 89.6 Å². The summed E-state index contributed by atoms with van der Waals surface area (Å²) >= 11 is 0. The van der Waals surface area contributed by atoms with Gasteiger partial charge in [-0.2, -0.15) is 0 Å². The molecule has 0 saturated heterocycles. The third-order valence-corrected chi connectivity index (χ3v) is 6.10. The Morgan fingerprint density at radius 1 is 0.711 bits per heavy atom. The normalized spacial score (nSPS) is 16.9. The van der Waals surface area contributed by atoms with Gasteiger partial charge in [0, 0.05) is 54.3 Å². The molecule has 38 heavy (non-hydrogen) atoms. The fourth-order valence-electron chi connectivity index (χ4n) is 4.32. The first-order chi connectivity index (χ1) is 22.8. The van der Waals surface area contributed by atoms with Crippen LogP contribution in [0.1, 0.15) is 38.7 Å². The van der Waals surface area contributed by atoms with E-state index in [2.05, 4.69) is 22.1 Å². The van der Waals surface area contributed by atoms with Crippen LogP contribution in [0, 0.1) is 39.5 Å². The van der Waals surface area contributed by atoms with Crippen LogP contribution in [0.3, 0.4) is 0 Å². The molecule has 0 aliphatic carbocycles. The second-order valence-corrected chi connectivity index (χ2v) is 8.51. The number of hydrogen-bond acceptors (Lipinski definition) is 3. The summed E-state index contributed by atoms with van der Waals surface area (Å²) in [4.78, 5) is 8.36. The van der Waals surface area contributed by atoms with E-state index < -0.39 is 27.4 Å². The van der Waals surface area contributed by atoms with Crippen LogP contribution in [0.2, 0.25) is 0 Å². The summed E-state index contributed by atoms with van der Waals surface area (Å²) in [6, 6.07) is 26.4. The van der Waals surface area contributed by atoms with E-state index in [1.807, 2.05) is 30.3 Å². The Balaban J connectivity index is 0.000000204. The maximum atomic E-state index is 7.79. The number of aryl methyl sites for hydroxylation is 4. The molecule has 4 aromatic carbocycles. The van der Waals surface area contributed by atoms with Gasteiger partial charge in [-0.15, -0.1) is 53.1 Å². The Morgan fingerprint density at radius 3 is 2.34 bits per heavy atom. The van der Waals surface area contributed by atoms with E-state index >= 15 is 0 Å². The Labute approximate surface area is 253 Å². The molecule has 189 valence electrons. The zero-order valence-electron chi connectivity index (χ0n) is 31.7. The van der Waals surface area contributed by atoms with E-state index in [0.717, 1.165) is 33.3 Å². The number of pyridine rings is 2. The second kappa shape index (κ2) is 10.5. The molecule has 0 N–H and O–H groups in total. The molecule has 4 heteroatoms. The summed E-state index contributed by atoms with van der Waals surface area (Å²) in [5.74, 6) is 0. The zero-order chi connectivity index (χ0) is 35.5. The van der Waals surface area contributed by atoms with Gasteiger partial charge in [0.25, 0.3) is 0 Å². The molecule has 3 nitrogen and oxygen atoms in total. The first kappa shape index (κ1) is 14.9. The van der Waals surface area contributed by atoms with Gasteiger partial charge in [-0.05, 0) is 59.9 Å². The molecule has 0 spiro atoms. The number of rotatable bonds is 2. The van der Waals surface area contributed by atoms with E-state index in [0.29, 0.717) is 28.1 Å². The molecule has 0 aliphatic heterocycles. The number of hydrogen-bond donors (Lipinski definition) is 0. The maximum absolute atomic E-state index is 7.79. The molecule has 0 atom stereocenters. The molecular weight excluding hydrogens is 645 g/mol. The van der Waals surface area contributed by atoms with Crippen molar-refractivity contribution in [2.75, 3.05) is 0 Å². The fourth-order valence-corrected chi connectivity index (χ4v) is 4.32. The van der Waals surface area contributed by atoms with Crippen LogP contribution < -0.4 is 0 Å². The molecule has 0 unspecified atom stereocenters. The molecule has 7 aromatic rings. The SMILES string of the molecule is [2H]C([2H])([2H])c1c[c-]c(-c2ccc(C([2H])([2H])[2H])cn2)cc1.[2H]C([2H])([2H])c1cnc(-c2[c-]cc3oc4cccc5ccc2c3c54)cc1C([2H])([2H])[2H].[Ir]. The van der Waals surface area contributed by atoms with Crippen LogP contribution in [0.25, 0.3) is 55.2 Å². The summed E-state index contributed by atoms with van der Waals surface area (Å²) in [5.41, 5.74) is 3.48. The number of furan rings is 1. The van der Waals surface area contributed by atoms with Crippen molar-refractivity contribution in [3.05, 3.63) is 120 Å². The van der Waals surface area contributed by atoms with Gasteiger partial charge in [-0.3, -0.25) is 0 Å². The van der Waals surface area contributed by atoms with Crippen molar-refractivity contribution in [2.45, 2.75) is 27.4 Å². The van der Waals surface area contributed by atoms with Gasteiger partial charge < -0.3 is 14.4 Å². The van der Waals surface area contributed by atoms with Gasteiger partial charge in [0.2, 0.25) is 0 Å². The van der Waals surface area contributed by atoms with E-state index in [1.165, 1.54) is 30.5 Å². The minimum Gasteiger partial charge on any atom is -0.500 e. The van der Waals surface area contributed by atoms with Crippen LogP contribution in [-0.2, 0) is 20.1 Å². The van der Waals surface area contributed by atoms with Crippen LogP contribution in [0.4, 0.5) is 0 Å². The Hall–Kier alpha value is -3.85. The van der Waals surface area contributed by atoms with Gasteiger partial charge in [0.15, 0.2) is 0 Å². The van der Waals surface area contributed by atoms with Crippen LogP contribution in [0.5, 0.6) is 0 Å². The molecule has 7 rings (SSSR count). The minimum atomic E-state index is -2.58.